The molecular weight excluding hydrogens is 310 g/mol. The van der Waals surface area contributed by atoms with Gasteiger partial charge in [0, 0.05) is 5.92 Å². The Kier molecular flexibility index (Phi) is 5.95. The summed E-state index contributed by atoms with van der Waals surface area (Å²) in [5, 5.41) is 2.47. The van der Waals surface area contributed by atoms with E-state index in [-0.39, 0.29) is 31.0 Å². The van der Waals surface area contributed by atoms with Crippen LogP contribution in [-0.4, -0.2) is 37.1 Å². The molecule has 130 valence electrons. The van der Waals surface area contributed by atoms with Gasteiger partial charge in [0.2, 0.25) is 11.9 Å². The number of carbonyl (C=O) groups is 3. The topological polar surface area (TPSA) is 81.7 Å². The van der Waals surface area contributed by atoms with Crippen LogP contribution in [0.5, 0.6) is 0 Å². The number of aryl methyl sites for hydroxylation is 1. The third kappa shape index (κ3) is 4.34. The van der Waals surface area contributed by atoms with E-state index in [9.17, 15) is 14.4 Å². The third-order valence-corrected chi connectivity index (χ3v) is 3.93. The third-order valence-electron chi connectivity index (χ3n) is 3.93. The van der Waals surface area contributed by atoms with Crippen LogP contribution in [0.25, 0.3) is 0 Å². The molecule has 0 bridgehead atoms. The molecule has 0 heterocycles. The van der Waals surface area contributed by atoms with Gasteiger partial charge in [0.1, 0.15) is 0 Å². The van der Waals surface area contributed by atoms with Crippen molar-refractivity contribution in [1.29, 1.82) is 0 Å². The highest BCUT2D eigenvalue weighted by Gasteiger charge is 2.46. The molecule has 2 atom stereocenters. The molecule has 0 spiro atoms. The summed E-state index contributed by atoms with van der Waals surface area (Å²) in [5.41, 5.74) is 2.23. The maximum absolute atomic E-state index is 12.4. The lowest BCUT2D eigenvalue weighted by Crippen LogP contribution is -2.48. The monoisotopic (exact) mass is 333 g/mol. The summed E-state index contributed by atoms with van der Waals surface area (Å²) in [7, 11) is 0. The van der Waals surface area contributed by atoms with E-state index in [1.54, 1.807) is 13.8 Å². The first-order valence-corrected chi connectivity index (χ1v) is 8.18. The van der Waals surface area contributed by atoms with E-state index in [0.717, 1.165) is 11.1 Å². The number of hydrogen-bond donors (Lipinski definition) is 1. The lowest BCUT2D eigenvalue weighted by atomic mass is 10.1. The van der Waals surface area contributed by atoms with E-state index in [4.69, 9.17) is 9.47 Å². The molecule has 1 amide bonds. The second-order valence-electron chi connectivity index (χ2n) is 5.81. The van der Waals surface area contributed by atoms with Crippen molar-refractivity contribution in [2.24, 2.45) is 5.92 Å². The minimum Gasteiger partial charge on any atom is -0.464 e. The van der Waals surface area contributed by atoms with Crippen molar-refractivity contribution in [2.75, 3.05) is 13.2 Å². The SMILES string of the molecule is CCOC(=O)C(NC(=O)[C@H]1C[C@H]1c1cccc(C)c1)C(=O)OCC. The van der Waals surface area contributed by atoms with Crippen molar-refractivity contribution in [2.45, 2.75) is 39.2 Å². The summed E-state index contributed by atoms with van der Waals surface area (Å²) >= 11 is 0. The Labute approximate surface area is 141 Å². The maximum Gasteiger partial charge on any atom is 0.340 e. The Morgan fingerprint density at radius 3 is 2.33 bits per heavy atom. The van der Waals surface area contributed by atoms with Gasteiger partial charge in [-0.1, -0.05) is 29.8 Å². The van der Waals surface area contributed by atoms with Gasteiger partial charge in [-0.25, -0.2) is 9.59 Å². The van der Waals surface area contributed by atoms with Crippen LogP contribution in [0.1, 0.15) is 37.3 Å². The fourth-order valence-electron chi connectivity index (χ4n) is 2.67. The molecular formula is C18H23NO5. The number of nitrogens with one attached hydrogen (secondary N) is 1. The van der Waals surface area contributed by atoms with Crippen molar-refractivity contribution < 1.29 is 23.9 Å². The minimum atomic E-state index is -1.41. The van der Waals surface area contributed by atoms with Gasteiger partial charge in [-0.05, 0) is 38.7 Å². The molecule has 24 heavy (non-hydrogen) atoms. The van der Waals surface area contributed by atoms with E-state index in [2.05, 4.69) is 5.32 Å². The smallest absolute Gasteiger partial charge is 0.340 e. The number of rotatable bonds is 7. The summed E-state index contributed by atoms with van der Waals surface area (Å²) in [5.74, 6) is -2.03. The number of hydrogen-bond acceptors (Lipinski definition) is 5. The van der Waals surface area contributed by atoms with Crippen molar-refractivity contribution >= 4 is 17.8 Å². The first-order chi connectivity index (χ1) is 11.5. The molecule has 1 aromatic carbocycles. The molecule has 0 radical (unpaired) electrons. The number of benzene rings is 1. The average molecular weight is 333 g/mol. The zero-order valence-corrected chi connectivity index (χ0v) is 14.2. The van der Waals surface area contributed by atoms with Gasteiger partial charge in [0.15, 0.2) is 0 Å². The first kappa shape index (κ1) is 18.0. The molecule has 1 aliphatic carbocycles. The second-order valence-corrected chi connectivity index (χ2v) is 5.81. The molecule has 0 aromatic heterocycles. The molecule has 0 saturated heterocycles. The van der Waals surface area contributed by atoms with Gasteiger partial charge >= 0.3 is 11.9 Å². The number of amides is 1. The molecule has 1 saturated carbocycles. The van der Waals surface area contributed by atoms with Crippen LogP contribution in [0.3, 0.4) is 0 Å². The highest BCUT2D eigenvalue weighted by molar-refractivity contribution is 6.03. The Morgan fingerprint density at radius 1 is 1.17 bits per heavy atom. The van der Waals surface area contributed by atoms with Crippen LogP contribution < -0.4 is 5.32 Å². The zero-order chi connectivity index (χ0) is 17.7. The van der Waals surface area contributed by atoms with Crippen LogP contribution in [-0.2, 0) is 23.9 Å². The van der Waals surface area contributed by atoms with Gasteiger partial charge in [0.25, 0.3) is 0 Å². The Hall–Kier alpha value is -2.37. The number of carbonyl (C=O) groups excluding carboxylic acids is 3. The summed E-state index contributed by atoms with van der Waals surface area (Å²) in [6, 6.07) is 6.58. The molecule has 2 rings (SSSR count). The summed E-state index contributed by atoms with van der Waals surface area (Å²) in [6.45, 7) is 5.52. The van der Waals surface area contributed by atoms with Gasteiger partial charge in [-0.3, -0.25) is 4.79 Å². The highest BCUT2D eigenvalue weighted by Crippen LogP contribution is 2.47. The fraction of sp³-hybridized carbons (Fsp3) is 0.500. The van der Waals surface area contributed by atoms with Crippen LogP contribution in [0.15, 0.2) is 24.3 Å². The molecule has 6 nitrogen and oxygen atoms in total. The molecule has 6 heteroatoms. The van der Waals surface area contributed by atoms with E-state index in [1.807, 2.05) is 31.2 Å². The van der Waals surface area contributed by atoms with Crippen molar-refractivity contribution in [3.05, 3.63) is 35.4 Å². The van der Waals surface area contributed by atoms with Crippen molar-refractivity contribution in [1.82, 2.24) is 5.32 Å². The van der Waals surface area contributed by atoms with E-state index in [1.165, 1.54) is 0 Å². The van der Waals surface area contributed by atoms with Crippen molar-refractivity contribution in [3.8, 4) is 0 Å². The van der Waals surface area contributed by atoms with Gasteiger partial charge in [-0.2, -0.15) is 0 Å². The van der Waals surface area contributed by atoms with Gasteiger partial charge in [0.05, 0.1) is 13.2 Å². The maximum atomic E-state index is 12.4. The Morgan fingerprint density at radius 2 is 1.79 bits per heavy atom. The van der Waals surface area contributed by atoms with Gasteiger partial charge < -0.3 is 14.8 Å². The number of esters is 2. The fourth-order valence-corrected chi connectivity index (χ4v) is 2.67. The Bertz CT molecular complexity index is 610. The summed E-state index contributed by atoms with van der Waals surface area (Å²) < 4.78 is 9.69. The van der Waals surface area contributed by atoms with E-state index < -0.39 is 18.0 Å². The highest BCUT2D eigenvalue weighted by atomic mass is 16.6. The first-order valence-electron chi connectivity index (χ1n) is 8.18. The Balaban J connectivity index is 2.00. The average Bonchev–Trinajstić information content (AvgIpc) is 3.33. The summed E-state index contributed by atoms with van der Waals surface area (Å²) in [4.78, 5) is 36.2. The lowest BCUT2D eigenvalue weighted by Gasteiger charge is -2.16. The minimum absolute atomic E-state index is 0.120. The van der Waals surface area contributed by atoms with Gasteiger partial charge in [-0.15, -0.1) is 0 Å². The van der Waals surface area contributed by atoms with Crippen LogP contribution in [0.2, 0.25) is 0 Å². The summed E-state index contributed by atoms with van der Waals surface area (Å²) in [6.07, 6.45) is 0.702. The number of ether oxygens (including phenoxy) is 2. The van der Waals surface area contributed by atoms with Crippen LogP contribution in [0.4, 0.5) is 0 Å². The van der Waals surface area contributed by atoms with E-state index >= 15 is 0 Å². The molecule has 0 aliphatic heterocycles. The molecule has 1 aliphatic rings. The predicted molar refractivity (Wildman–Crippen MR) is 87.2 cm³/mol. The molecule has 1 N–H and O–H groups in total. The largest absolute Gasteiger partial charge is 0.464 e. The van der Waals surface area contributed by atoms with Crippen molar-refractivity contribution in [3.63, 3.8) is 0 Å². The normalized spacial score (nSPS) is 18.8. The molecule has 0 unspecified atom stereocenters. The lowest BCUT2D eigenvalue weighted by molar-refractivity contribution is -0.159. The molecule has 1 aromatic rings. The standard InChI is InChI=1S/C18H23NO5/c1-4-23-17(21)15(18(22)24-5-2)19-16(20)14-10-13(14)12-8-6-7-11(3)9-12/h6-9,13-15H,4-5,10H2,1-3H3,(H,19,20)/t13-,14-/m0/s1. The van der Waals surface area contributed by atoms with Crippen LogP contribution in [0, 0.1) is 12.8 Å². The quantitative estimate of drug-likeness (QED) is 0.607. The molecule has 1 fully saturated rings. The second kappa shape index (κ2) is 7.95. The zero-order valence-electron chi connectivity index (χ0n) is 14.2. The van der Waals surface area contributed by atoms with E-state index in [0.29, 0.717) is 6.42 Å². The van der Waals surface area contributed by atoms with Crippen LogP contribution >= 0.6 is 0 Å². The predicted octanol–water partition coefficient (Wildman–Crippen LogP) is 1.71.